The van der Waals surface area contributed by atoms with Gasteiger partial charge in [-0.3, -0.25) is 9.69 Å². The summed E-state index contributed by atoms with van der Waals surface area (Å²) in [5, 5.41) is 7.12. The van der Waals surface area contributed by atoms with Crippen LogP contribution in [0.15, 0.2) is 48.5 Å². The number of halogens is 3. The first kappa shape index (κ1) is 26.7. The number of nitrogens with zero attached hydrogens (tertiary/aromatic N) is 2. The van der Waals surface area contributed by atoms with E-state index in [0.29, 0.717) is 12.5 Å². The molecule has 1 N–H and O–H groups in total. The quantitative estimate of drug-likeness (QED) is 0.661. The van der Waals surface area contributed by atoms with Gasteiger partial charge in [0, 0.05) is 37.6 Å². The van der Waals surface area contributed by atoms with Crippen LogP contribution in [0.5, 0.6) is 0 Å². The van der Waals surface area contributed by atoms with Crippen LogP contribution in [0.4, 0.5) is 13.2 Å². The van der Waals surface area contributed by atoms with Gasteiger partial charge in [-0.1, -0.05) is 54.1 Å². The van der Waals surface area contributed by atoms with Gasteiger partial charge in [-0.25, -0.2) is 4.79 Å². The Morgan fingerprint density at radius 3 is 2.14 bits per heavy atom. The van der Waals surface area contributed by atoms with Gasteiger partial charge in [0.15, 0.2) is 0 Å². The number of carboxylic acid groups (broad SMARTS) is 1. The molecule has 0 saturated carbocycles. The number of hydrogen-bond donors (Lipinski definition) is 1. The number of aliphatic carboxylic acids is 1. The van der Waals surface area contributed by atoms with E-state index in [0.717, 1.165) is 44.6 Å². The minimum atomic E-state index is -5.08. The van der Waals surface area contributed by atoms with Gasteiger partial charge < -0.3 is 10.0 Å². The number of likely N-dealkylation sites (tertiary alicyclic amines) is 1. The lowest BCUT2D eigenvalue weighted by molar-refractivity contribution is -0.192. The zero-order valence-corrected chi connectivity index (χ0v) is 20.4. The number of amides is 1. The topological polar surface area (TPSA) is 60.9 Å². The molecule has 0 bridgehead atoms. The van der Waals surface area contributed by atoms with Crippen molar-refractivity contribution < 1.29 is 27.9 Å². The predicted octanol–water partition coefficient (Wildman–Crippen LogP) is 4.96. The highest BCUT2D eigenvalue weighted by Gasteiger charge is 2.43. The van der Waals surface area contributed by atoms with Crippen molar-refractivity contribution in [2.75, 3.05) is 19.6 Å². The van der Waals surface area contributed by atoms with Crippen LogP contribution in [0.3, 0.4) is 0 Å². The van der Waals surface area contributed by atoms with E-state index in [9.17, 15) is 18.0 Å². The number of rotatable bonds is 3. The molecule has 0 radical (unpaired) electrons. The Morgan fingerprint density at radius 2 is 1.60 bits per heavy atom. The molecule has 2 aromatic carbocycles. The molecule has 0 aliphatic carbocycles. The molecule has 0 unspecified atom stereocenters. The Kier molecular flexibility index (Phi) is 8.26. The summed E-state index contributed by atoms with van der Waals surface area (Å²) in [6, 6.07) is 17.9. The fourth-order valence-corrected chi connectivity index (χ4v) is 4.89. The number of carbonyl (C=O) groups is 2. The smallest absolute Gasteiger partial charge is 0.475 e. The molecule has 2 aliphatic heterocycles. The van der Waals surface area contributed by atoms with Crippen molar-refractivity contribution in [2.45, 2.75) is 64.2 Å². The van der Waals surface area contributed by atoms with Gasteiger partial charge in [-0.15, -0.1) is 0 Å². The number of hydrogen-bond acceptors (Lipinski definition) is 3. The summed E-state index contributed by atoms with van der Waals surface area (Å²) in [5.74, 6) is -2.49. The summed E-state index contributed by atoms with van der Waals surface area (Å²) < 4.78 is 31.7. The van der Waals surface area contributed by atoms with Gasteiger partial charge in [0.05, 0.1) is 6.42 Å². The van der Waals surface area contributed by atoms with E-state index in [-0.39, 0.29) is 11.3 Å². The van der Waals surface area contributed by atoms with Crippen molar-refractivity contribution in [1.29, 1.82) is 0 Å². The fraction of sp³-hybridized carbons (Fsp3) is 0.481. The lowest BCUT2D eigenvalue weighted by Crippen LogP contribution is -2.54. The van der Waals surface area contributed by atoms with Crippen LogP contribution in [0.1, 0.15) is 48.9 Å². The minimum Gasteiger partial charge on any atom is -0.475 e. The van der Waals surface area contributed by atoms with Gasteiger partial charge in [-0.05, 0) is 50.3 Å². The maximum Gasteiger partial charge on any atom is 0.490 e. The van der Waals surface area contributed by atoms with E-state index < -0.39 is 12.1 Å². The van der Waals surface area contributed by atoms with Crippen LogP contribution in [0.25, 0.3) is 0 Å². The maximum absolute atomic E-state index is 12.9. The molecule has 2 heterocycles. The van der Waals surface area contributed by atoms with Gasteiger partial charge in [-0.2, -0.15) is 13.2 Å². The molecule has 5 nitrogen and oxygen atoms in total. The van der Waals surface area contributed by atoms with Crippen LogP contribution in [-0.4, -0.2) is 58.6 Å². The van der Waals surface area contributed by atoms with Crippen molar-refractivity contribution in [3.63, 3.8) is 0 Å². The molecule has 1 amide bonds. The molecule has 190 valence electrons. The highest BCUT2D eigenvalue weighted by molar-refractivity contribution is 5.79. The molecule has 4 rings (SSSR count). The standard InChI is InChI=1S/C25H32N2O.C2HF3O2/c1-19(2)27-17-22-6-4-5-7-23(22)25(18-27)12-14-26(15-13-25)24(28)16-21-10-8-20(3)9-11-21;3-2(4,5)1(6)7/h4-11,19H,12-18H2,1-3H3;(H,6,7). The van der Waals surface area contributed by atoms with Crippen LogP contribution in [-0.2, 0) is 28.0 Å². The number of aryl methyl sites for hydroxylation is 1. The second-order valence-corrected chi connectivity index (χ2v) is 9.78. The molecule has 2 aromatic rings. The van der Waals surface area contributed by atoms with E-state index in [1.165, 1.54) is 16.7 Å². The van der Waals surface area contributed by atoms with Crippen molar-refractivity contribution in [1.82, 2.24) is 9.80 Å². The average molecular weight is 491 g/mol. The lowest BCUT2D eigenvalue weighted by atomic mass is 9.68. The van der Waals surface area contributed by atoms with Crippen LogP contribution in [0, 0.1) is 6.92 Å². The number of benzene rings is 2. The van der Waals surface area contributed by atoms with Gasteiger partial charge in [0.25, 0.3) is 0 Å². The summed E-state index contributed by atoms with van der Waals surface area (Å²) in [6.45, 7) is 10.6. The summed E-state index contributed by atoms with van der Waals surface area (Å²) in [6.07, 6.45) is -2.44. The zero-order chi connectivity index (χ0) is 25.8. The van der Waals surface area contributed by atoms with Gasteiger partial charge in [0.2, 0.25) is 5.91 Å². The molecule has 0 aromatic heterocycles. The number of carbonyl (C=O) groups excluding carboxylic acids is 1. The molecule has 1 spiro atoms. The highest BCUT2D eigenvalue weighted by atomic mass is 19.4. The lowest BCUT2D eigenvalue weighted by Gasteiger charge is -2.49. The second-order valence-electron chi connectivity index (χ2n) is 9.78. The highest BCUT2D eigenvalue weighted by Crippen LogP contribution is 2.42. The summed E-state index contributed by atoms with van der Waals surface area (Å²) in [4.78, 5) is 26.4. The summed E-state index contributed by atoms with van der Waals surface area (Å²) >= 11 is 0. The van der Waals surface area contributed by atoms with E-state index in [2.05, 4.69) is 79.1 Å². The van der Waals surface area contributed by atoms with Crippen molar-refractivity contribution >= 4 is 11.9 Å². The van der Waals surface area contributed by atoms with Gasteiger partial charge in [0.1, 0.15) is 0 Å². The Bertz CT molecular complexity index is 1030. The van der Waals surface area contributed by atoms with Crippen LogP contribution >= 0.6 is 0 Å². The Morgan fingerprint density at radius 1 is 1.03 bits per heavy atom. The van der Waals surface area contributed by atoms with Crippen LogP contribution < -0.4 is 0 Å². The first-order valence-electron chi connectivity index (χ1n) is 11.9. The molecule has 35 heavy (non-hydrogen) atoms. The number of fused-ring (bicyclic) bond motifs is 2. The van der Waals surface area contributed by atoms with E-state index in [1.54, 1.807) is 0 Å². The van der Waals surface area contributed by atoms with Crippen LogP contribution in [0.2, 0.25) is 0 Å². The average Bonchev–Trinajstić information content (AvgIpc) is 2.81. The van der Waals surface area contributed by atoms with E-state index in [1.807, 2.05) is 0 Å². The summed E-state index contributed by atoms with van der Waals surface area (Å²) in [7, 11) is 0. The third kappa shape index (κ3) is 6.63. The fourth-order valence-electron chi connectivity index (χ4n) is 4.89. The molecule has 1 fully saturated rings. The zero-order valence-electron chi connectivity index (χ0n) is 20.4. The third-order valence-electron chi connectivity index (χ3n) is 6.99. The monoisotopic (exact) mass is 490 g/mol. The molecule has 2 aliphatic rings. The predicted molar refractivity (Wildman–Crippen MR) is 128 cm³/mol. The summed E-state index contributed by atoms with van der Waals surface area (Å²) in [5.41, 5.74) is 5.55. The first-order chi connectivity index (χ1) is 16.4. The molecular formula is C27H33F3N2O3. The van der Waals surface area contributed by atoms with E-state index >= 15 is 0 Å². The van der Waals surface area contributed by atoms with E-state index in [4.69, 9.17) is 9.90 Å². The molecule has 8 heteroatoms. The Balaban J connectivity index is 0.000000429. The third-order valence-corrected chi connectivity index (χ3v) is 6.99. The molecule has 1 saturated heterocycles. The largest absolute Gasteiger partial charge is 0.490 e. The number of piperidine rings is 1. The number of carboxylic acids is 1. The molecular weight excluding hydrogens is 457 g/mol. The van der Waals surface area contributed by atoms with Crippen molar-refractivity contribution in [3.8, 4) is 0 Å². The Hall–Kier alpha value is -2.87. The molecule has 0 atom stereocenters. The SMILES string of the molecule is Cc1ccc(CC(=O)N2CCC3(CC2)CN(C(C)C)Cc2ccccc23)cc1.O=C(O)C(F)(F)F. The van der Waals surface area contributed by atoms with Crippen molar-refractivity contribution in [2.24, 2.45) is 0 Å². The second kappa shape index (κ2) is 10.8. The maximum atomic E-state index is 12.9. The van der Waals surface area contributed by atoms with Crippen molar-refractivity contribution in [3.05, 3.63) is 70.8 Å². The minimum absolute atomic E-state index is 0.194. The Labute approximate surface area is 204 Å². The number of alkyl halides is 3. The normalized spacial score (nSPS) is 17.5. The van der Waals surface area contributed by atoms with Gasteiger partial charge >= 0.3 is 12.1 Å². The first-order valence-corrected chi connectivity index (χ1v) is 11.9.